The van der Waals surface area contributed by atoms with Gasteiger partial charge in [-0.25, -0.2) is 9.97 Å². The summed E-state index contributed by atoms with van der Waals surface area (Å²) >= 11 is 1.60. The second-order valence-corrected chi connectivity index (χ2v) is 9.02. The van der Waals surface area contributed by atoms with Gasteiger partial charge in [0.05, 0.1) is 29.0 Å². The lowest BCUT2D eigenvalue weighted by atomic mass is 9.91. The van der Waals surface area contributed by atoms with E-state index >= 15 is 0 Å². The van der Waals surface area contributed by atoms with Crippen LogP contribution in [0.4, 0.5) is 0 Å². The Bertz CT molecular complexity index is 1110. The van der Waals surface area contributed by atoms with Crippen LogP contribution < -0.4 is 5.56 Å². The van der Waals surface area contributed by atoms with Gasteiger partial charge in [-0.05, 0) is 44.9 Å². The molecule has 1 aliphatic rings. The third kappa shape index (κ3) is 3.83. The average molecular weight is 410 g/mol. The van der Waals surface area contributed by atoms with Crippen molar-refractivity contribution in [2.45, 2.75) is 64.3 Å². The number of pyridine rings is 1. The molecule has 1 atom stereocenters. The highest BCUT2D eigenvalue weighted by Gasteiger charge is 2.31. The number of hydrogen-bond donors (Lipinski definition) is 0. The summed E-state index contributed by atoms with van der Waals surface area (Å²) in [6.07, 6.45) is 2.68. The highest BCUT2D eigenvalue weighted by Crippen LogP contribution is 2.31. The lowest BCUT2D eigenvalue weighted by Crippen LogP contribution is -2.35. The fourth-order valence-electron chi connectivity index (χ4n) is 3.55. The molecule has 0 radical (unpaired) electrons. The zero-order valence-electron chi connectivity index (χ0n) is 17.5. The minimum atomic E-state index is -0.204. The third-order valence-electron chi connectivity index (χ3n) is 5.59. The molecule has 1 unspecified atom stereocenters. The molecule has 3 aromatic rings. The Labute approximate surface area is 175 Å². The first-order valence-electron chi connectivity index (χ1n) is 10.2. The van der Waals surface area contributed by atoms with Gasteiger partial charge < -0.3 is 4.74 Å². The Morgan fingerprint density at radius 2 is 1.97 bits per heavy atom. The molecule has 2 aromatic heterocycles. The van der Waals surface area contributed by atoms with Crippen molar-refractivity contribution in [3.63, 3.8) is 0 Å². The molecule has 6 heteroatoms. The molecule has 1 aromatic carbocycles. The second kappa shape index (κ2) is 7.92. The normalized spacial score (nSPS) is 18.8. The summed E-state index contributed by atoms with van der Waals surface area (Å²) in [6, 6.07) is 9.92. The average Bonchev–Trinajstić information content (AvgIpc) is 2.72. The molecule has 0 N–H and O–H groups in total. The number of ether oxygens (including phenoxy) is 1. The monoisotopic (exact) mass is 409 g/mol. The van der Waals surface area contributed by atoms with Crippen LogP contribution in [0.1, 0.15) is 50.4 Å². The zero-order valence-corrected chi connectivity index (χ0v) is 18.3. The van der Waals surface area contributed by atoms with Crippen LogP contribution in [0.3, 0.4) is 0 Å². The molecule has 152 valence electrons. The minimum absolute atomic E-state index is 0.0726. The Kier molecular flexibility index (Phi) is 5.49. The van der Waals surface area contributed by atoms with Crippen LogP contribution in [0.5, 0.6) is 0 Å². The van der Waals surface area contributed by atoms with Crippen molar-refractivity contribution in [3.05, 3.63) is 57.5 Å². The predicted octanol–water partition coefficient (Wildman–Crippen LogP) is 4.83. The number of fused-ring (bicyclic) bond motifs is 2. The molecule has 0 amide bonds. The fourth-order valence-corrected chi connectivity index (χ4v) is 4.40. The standard InChI is InChI=1S/C23H27N3O2S/c1-5-11-29-22-25-20-18(21(27)26(22)17-9-7-15(3)8-10-17)12-16-14-28-23(4,6-2)13-19(16)24-20/h7-10,12H,5-6,11,13-14H2,1-4H3. The molecule has 4 rings (SSSR count). The molecular formula is C23H27N3O2S. The highest BCUT2D eigenvalue weighted by atomic mass is 32.2. The lowest BCUT2D eigenvalue weighted by molar-refractivity contribution is -0.0573. The number of aromatic nitrogens is 3. The van der Waals surface area contributed by atoms with Crippen molar-refractivity contribution in [1.82, 2.24) is 14.5 Å². The maximum atomic E-state index is 13.5. The van der Waals surface area contributed by atoms with Crippen LogP contribution >= 0.6 is 11.8 Å². The maximum absolute atomic E-state index is 13.5. The summed E-state index contributed by atoms with van der Waals surface area (Å²) in [5.41, 5.74) is 4.25. The van der Waals surface area contributed by atoms with Gasteiger partial charge in [0.1, 0.15) is 0 Å². The van der Waals surface area contributed by atoms with Crippen molar-refractivity contribution in [1.29, 1.82) is 0 Å². The highest BCUT2D eigenvalue weighted by molar-refractivity contribution is 7.99. The molecule has 29 heavy (non-hydrogen) atoms. The summed E-state index contributed by atoms with van der Waals surface area (Å²) in [5, 5.41) is 1.25. The van der Waals surface area contributed by atoms with Crippen molar-refractivity contribution in [3.8, 4) is 5.69 Å². The Hall–Kier alpha value is -2.18. The summed E-state index contributed by atoms with van der Waals surface area (Å²) < 4.78 is 7.78. The quantitative estimate of drug-likeness (QED) is 0.446. The Morgan fingerprint density at radius 1 is 1.21 bits per heavy atom. The SMILES string of the molecule is CCCSc1nc2nc3c(cc2c(=O)n1-c1ccc(C)cc1)COC(C)(CC)C3. The van der Waals surface area contributed by atoms with E-state index in [2.05, 4.69) is 20.8 Å². The molecule has 0 saturated carbocycles. The Balaban J connectivity index is 1.91. The van der Waals surface area contributed by atoms with E-state index in [1.807, 2.05) is 37.3 Å². The van der Waals surface area contributed by atoms with Crippen molar-refractivity contribution in [2.24, 2.45) is 0 Å². The Morgan fingerprint density at radius 3 is 2.66 bits per heavy atom. The van der Waals surface area contributed by atoms with Crippen LogP contribution in [0.25, 0.3) is 16.7 Å². The van der Waals surface area contributed by atoms with E-state index < -0.39 is 0 Å². The number of benzene rings is 1. The first-order valence-corrected chi connectivity index (χ1v) is 11.2. The van der Waals surface area contributed by atoms with Gasteiger partial charge in [0.2, 0.25) is 0 Å². The minimum Gasteiger partial charge on any atom is -0.370 e. The summed E-state index contributed by atoms with van der Waals surface area (Å²) in [7, 11) is 0. The number of rotatable bonds is 5. The summed E-state index contributed by atoms with van der Waals surface area (Å²) in [6.45, 7) is 8.90. The zero-order chi connectivity index (χ0) is 20.6. The van der Waals surface area contributed by atoms with Gasteiger partial charge in [-0.1, -0.05) is 43.3 Å². The van der Waals surface area contributed by atoms with Gasteiger partial charge in [-0.2, -0.15) is 0 Å². The maximum Gasteiger partial charge on any atom is 0.268 e. The van der Waals surface area contributed by atoms with E-state index in [1.54, 1.807) is 16.3 Å². The van der Waals surface area contributed by atoms with Crippen molar-refractivity contribution >= 4 is 22.8 Å². The van der Waals surface area contributed by atoms with Gasteiger partial charge in [-0.15, -0.1) is 0 Å². The van der Waals surface area contributed by atoms with Gasteiger partial charge in [0.25, 0.3) is 5.56 Å². The molecule has 1 aliphatic heterocycles. The number of nitrogens with zero attached hydrogens (tertiary/aromatic N) is 3. The van der Waals surface area contributed by atoms with E-state index in [0.717, 1.165) is 47.5 Å². The van der Waals surface area contributed by atoms with Gasteiger partial charge in [0.15, 0.2) is 10.8 Å². The molecule has 3 heterocycles. The molecular weight excluding hydrogens is 382 g/mol. The predicted molar refractivity (Wildman–Crippen MR) is 118 cm³/mol. The molecule has 0 spiro atoms. The van der Waals surface area contributed by atoms with Gasteiger partial charge in [0, 0.05) is 17.7 Å². The topological polar surface area (TPSA) is 57.0 Å². The number of hydrogen-bond acceptors (Lipinski definition) is 5. The van der Waals surface area contributed by atoms with E-state index in [4.69, 9.17) is 14.7 Å². The third-order valence-corrected chi connectivity index (χ3v) is 6.73. The lowest BCUT2D eigenvalue weighted by Gasteiger charge is -2.33. The molecule has 0 aliphatic carbocycles. The van der Waals surface area contributed by atoms with Crippen LogP contribution in [0.15, 0.2) is 40.3 Å². The van der Waals surface area contributed by atoms with Crippen LogP contribution in [0, 0.1) is 6.92 Å². The number of thioether (sulfide) groups is 1. The fraction of sp³-hybridized carbons (Fsp3) is 0.435. The first-order chi connectivity index (χ1) is 13.9. The van der Waals surface area contributed by atoms with Crippen LogP contribution in [0.2, 0.25) is 0 Å². The van der Waals surface area contributed by atoms with Crippen LogP contribution in [-0.2, 0) is 17.8 Å². The van der Waals surface area contributed by atoms with Crippen LogP contribution in [-0.4, -0.2) is 25.9 Å². The largest absolute Gasteiger partial charge is 0.370 e. The van der Waals surface area contributed by atoms with Gasteiger partial charge >= 0.3 is 0 Å². The van der Waals surface area contributed by atoms with Crippen molar-refractivity contribution in [2.75, 3.05) is 5.75 Å². The van der Waals surface area contributed by atoms with E-state index in [0.29, 0.717) is 22.8 Å². The summed E-state index contributed by atoms with van der Waals surface area (Å²) in [5.74, 6) is 0.899. The second-order valence-electron chi connectivity index (χ2n) is 7.95. The van der Waals surface area contributed by atoms with E-state index in [-0.39, 0.29) is 11.2 Å². The molecule has 0 fully saturated rings. The van der Waals surface area contributed by atoms with E-state index in [1.165, 1.54) is 0 Å². The van der Waals surface area contributed by atoms with Crippen molar-refractivity contribution < 1.29 is 4.74 Å². The molecule has 0 bridgehead atoms. The number of aryl methyl sites for hydroxylation is 1. The van der Waals surface area contributed by atoms with Gasteiger partial charge in [-0.3, -0.25) is 9.36 Å². The smallest absolute Gasteiger partial charge is 0.268 e. The first kappa shape index (κ1) is 20.1. The summed E-state index contributed by atoms with van der Waals surface area (Å²) in [4.78, 5) is 23.1. The molecule has 5 nitrogen and oxygen atoms in total. The molecule has 0 saturated heterocycles. The van der Waals surface area contributed by atoms with E-state index in [9.17, 15) is 4.79 Å².